The molecule has 0 saturated heterocycles. The second kappa shape index (κ2) is 3.29. The van der Waals surface area contributed by atoms with Gasteiger partial charge in [0.15, 0.2) is 0 Å². The lowest BCUT2D eigenvalue weighted by atomic mass is 10.2. The molecule has 1 aliphatic carbocycles. The Bertz CT molecular complexity index is 344. The maximum absolute atomic E-state index is 10.4. The number of benzene rings is 1. The van der Waals surface area contributed by atoms with Crippen LogP contribution in [0.5, 0.6) is 0 Å². The smallest absolute Gasteiger partial charge is 0.269 e. The van der Waals surface area contributed by atoms with Gasteiger partial charge in [-0.1, -0.05) is 0 Å². The molecule has 0 unspecified atom stereocenters. The summed E-state index contributed by atoms with van der Waals surface area (Å²) >= 11 is 0. The standard InChI is InChI=1S/C10H12N2O2/c1-11(8-2-3-8)9-4-6-10(7-5-9)12(13)14/h4-8H,2-3H2,1H3. The third kappa shape index (κ3) is 1.69. The van der Waals surface area contributed by atoms with Gasteiger partial charge in [-0.2, -0.15) is 0 Å². The molecule has 1 fully saturated rings. The summed E-state index contributed by atoms with van der Waals surface area (Å²) in [4.78, 5) is 12.2. The first-order chi connectivity index (χ1) is 6.68. The molecule has 0 atom stereocenters. The molecule has 14 heavy (non-hydrogen) atoms. The first-order valence-electron chi connectivity index (χ1n) is 4.66. The largest absolute Gasteiger partial charge is 0.372 e. The zero-order chi connectivity index (χ0) is 10.1. The van der Waals surface area contributed by atoms with Crippen molar-refractivity contribution in [3.63, 3.8) is 0 Å². The summed E-state index contributed by atoms with van der Waals surface area (Å²) in [6.07, 6.45) is 2.46. The molecule has 0 heterocycles. The van der Waals surface area contributed by atoms with Gasteiger partial charge in [0.1, 0.15) is 0 Å². The van der Waals surface area contributed by atoms with E-state index in [-0.39, 0.29) is 10.6 Å². The SMILES string of the molecule is CN(c1ccc([N+](=O)[O-])cc1)C1CC1. The second-order valence-electron chi connectivity index (χ2n) is 3.62. The molecule has 74 valence electrons. The van der Waals surface area contributed by atoms with Crippen LogP contribution in [0, 0.1) is 10.1 Å². The summed E-state index contributed by atoms with van der Waals surface area (Å²) in [5.74, 6) is 0. The van der Waals surface area contributed by atoms with Crippen LogP contribution in [0.1, 0.15) is 12.8 Å². The zero-order valence-corrected chi connectivity index (χ0v) is 8.01. The maximum Gasteiger partial charge on any atom is 0.269 e. The summed E-state index contributed by atoms with van der Waals surface area (Å²) in [5.41, 5.74) is 1.20. The maximum atomic E-state index is 10.4. The lowest BCUT2D eigenvalue weighted by Crippen LogP contribution is -2.18. The second-order valence-corrected chi connectivity index (χ2v) is 3.62. The van der Waals surface area contributed by atoms with Gasteiger partial charge in [-0.25, -0.2) is 0 Å². The molecule has 1 aliphatic rings. The van der Waals surface area contributed by atoms with Gasteiger partial charge >= 0.3 is 0 Å². The molecule has 1 saturated carbocycles. The van der Waals surface area contributed by atoms with Crippen molar-refractivity contribution in [1.29, 1.82) is 0 Å². The summed E-state index contributed by atoms with van der Waals surface area (Å²) in [6, 6.07) is 7.34. The number of anilines is 1. The normalized spacial score (nSPS) is 15.2. The van der Waals surface area contributed by atoms with E-state index in [1.165, 1.54) is 12.8 Å². The Hall–Kier alpha value is -1.58. The molecule has 0 amide bonds. The summed E-state index contributed by atoms with van der Waals surface area (Å²) in [5, 5.41) is 10.4. The van der Waals surface area contributed by atoms with Gasteiger partial charge in [0.05, 0.1) is 4.92 Å². The molecule has 0 spiro atoms. The minimum Gasteiger partial charge on any atom is -0.372 e. The van der Waals surface area contributed by atoms with Gasteiger partial charge in [0, 0.05) is 30.9 Å². The Morgan fingerprint density at radius 2 is 1.93 bits per heavy atom. The van der Waals surface area contributed by atoms with Crippen LogP contribution in [-0.2, 0) is 0 Å². The summed E-state index contributed by atoms with van der Waals surface area (Å²) in [6.45, 7) is 0. The highest BCUT2D eigenvalue weighted by atomic mass is 16.6. The number of nitrogens with zero attached hydrogens (tertiary/aromatic N) is 2. The van der Waals surface area contributed by atoms with E-state index in [2.05, 4.69) is 4.90 Å². The fraction of sp³-hybridized carbons (Fsp3) is 0.400. The van der Waals surface area contributed by atoms with Crippen molar-refractivity contribution in [1.82, 2.24) is 0 Å². The van der Waals surface area contributed by atoms with Gasteiger partial charge in [-0.05, 0) is 25.0 Å². The highest BCUT2D eigenvalue weighted by Crippen LogP contribution is 2.30. The molecule has 0 aliphatic heterocycles. The number of nitro benzene ring substituents is 1. The van der Waals surface area contributed by atoms with Gasteiger partial charge < -0.3 is 4.90 Å². The Morgan fingerprint density at radius 1 is 1.36 bits per heavy atom. The lowest BCUT2D eigenvalue weighted by molar-refractivity contribution is -0.384. The van der Waals surface area contributed by atoms with Crippen LogP contribution < -0.4 is 4.90 Å². The van der Waals surface area contributed by atoms with Crippen LogP contribution in [0.25, 0.3) is 0 Å². The van der Waals surface area contributed by atoms with Crippen molar-refractivity contribution in [2.45, 2.75) is 18.9 Å². The van der Waals surface area contributed by atoms with Gasteiger partial charge in [-0.3, -0.25) is 10.1 Å². The molecule has 2 rings (SSSR count). The molecule has 1 aromatic rings. The zero-order valence-electron chi connectivity index (χ0n) is 8.01. The third-order valence-electron chi connectivity index (χ3n) is 2.56. The van der Waals surface area contributed by atoms with E-state index in [0.717, 1.165) is 5.69 Å². The van der Waals surface area contributed by atoms with Crippen LogP contribution in [0.2, 0.25) is 0 Å². The van der Waals surface area contributed by atoms with E-state index in [4.69, 9.17) is 0 Å². The molecule has 0 bridgehead atoms. The third-order valence-corrected chi connectivity index (χ3v) is 2.56. The first-order valence-corrected chi connectivity index (χ1v) is 4.66. The lowest BCUT2D eigenvalue weighted by Gasteiger charge is -2.17. The van der Waals surface area contributed by atoms with Crippen molar-refractivity contribution in [3.05, 3.63) is 34.4 Å². The van der Waals surface area contributed by atoms with Crippen LogP contribution >= 0.6 is 0 Å². The average molecular weight is 192 g/mol. The number of nitro groups is 1. The van der Waals surface area contributed by atoms with E-state index in [1.807, 2.05) is 7.05 Å². The van der Waals surface area contributed by atoms with Crippen molar-refractivity contribution >= 4 is 11.4 Å². The number of non-ortho nitro benzene ring substituents is 1. The highest BCUT2D eigenvalue weighted by Gasteiger charge is 2.26. The van der Waals surface area contributed by atoms with Crippen molar-refractivity contribution in [2.24, 2.45) is 0 Å². The van der Waals surface area contributed by atoms with Gasteiger partial charge in [-0.15, -0.1) is 0 Å². The summed E-state index contributed by atoms with van der Waals surface area (Å²) in [7, 11) is 2.03. The van der Waals surface area contributed by atoms with Crippen LogP contribution in [0.4, 0.5) is 11.4 Å². The monoisotopic (exact) mass is 192 g/mol. The Balaban J connectivity index is 2.16. The van der Waals surface area contributed by atoms with Crippen LogP contribution in [0.3, 0.4) is 0 Å². The van der Waals surface area contributed by atoms with Crippen molar-refractivity contribution in [2.75, 3.05) is 11.9 Å². The molecule has 4 heteroatoms. The quantitative estimate of drug-likeness (QED) is 0.544. The Labute approximate surface area is 82.3 Å². The molecular formula is C10H12N2O2. The van der Waals surface area contributed by atoms with Crippen molar-refractivity contribution in [3.8, 4) is 0 Å². The fourth-order valence-electron chi connectivity index (χ4n) is 1.48. The first kappa shape index (κ1) is 8.99. The van der Waals surface area contributed by atoms with Gasteiger partial charge in [0.25, 0.3) is 5.69 Å². The molecule has 1 aromatic carbocycles. The fourth-order valence-corrected chi connectivity index (χ4v) is 1.48. The van der Waals surface area contributed by atoms with E-state index >= 15 is 0 Å². The minimum atomic E-state index is -0.374. The Morgan fingerprint density at radius 3 is 2.36 bits per heavy atom. The molecule has 4 nitrogen and oxygen atoms in total. The van der Waals surface area contributed by atoms with Crippen LogP contribution in [0.15, 0.2) is 24.3 Å². The number of rotatable bonds is 3. The Kier molecular flexibility index (Phi) is 2.11. The molecular weight excluding hydrogens is 180 g/mol. The predicted octanol–water partition coefficient (Wildman–Crippen LogP) is 2.19. The number of hydrogen-bond donors (Lipinski definition) is 0. The average Bonchev–Trinajstić information content (AvgIpc) is 3.00. The summed E-state index contributed by atoms with van der Waals surface area (Å²) < 4.78 is 0. The van der Waals surface area contributed by atoms with E-state index in [9.17, 15) is 10.1 Å². The van der Waals surface area contributed by atoms with Crippen molar-refractivity contribution < 1.29 is 4.92 Å². The number of hydrogen-bond acceptors (Lipinski definition) is 3. The molecule has 0 aromatic heterocycles. The topological polar surface area (TPSA) is 46.4 Å². The van der Waals surface area contributed by atoms with E-state index in [0.29, 0.717) is 6.04 Å². The van der Waals surface area contributed by atoms with E-state index < -0.39 is 0 Å². The highest BCUT2D eigenvalue weighted by molar-refractivity contribution is 5.51. The van der Waals surface area contributed by atoms with E-state index in [1.54, 1.807) is 24.3 Å². The molecule has 0 N–H and O–H groups in total. The minimum absolute atomic E-state index is 0.151. The predicted molar refractivity (Wildman–Crippen MR) is 54.5 cm³/mol. The van der Waals surface area contributed by atoms with Gasteiger partial charge in [0.2, 0.25) is 0 Å². The van der Waals surface area contributed by atoms with Crippen LogP contribution in [-0.4, -0.2) is 18.0 Å². The molecule has 0 radical (unpaired) electrons.